The fourth-order valence-corrected chi connectivity index (χ4v) is 6.07. The second kappa shape index (κ2) is 6.76. The summed E-state index contributed by atoms with van der Waals surface area (Å²) in [5, 5.41) is 0.0649. The van der Waals surface area contributed by atoms with Crippen LogP contribution in [0.2, 0.25) is 10.0 Å². The van der Waals surface area contributed by atoms with E-state index in [4.69, 9.17) is 23.2 Å². The van der Waals surface area contributed by atoms with Crippen molar-refractivity contribution in [3.05, 3.63) is 53.8 Å². The number of nitrogens with one attached hydrogen (secondary N) is 1. The molecule has 0 aromatic heterocycles. The van der Waals surface area contributed by atoms with Crippen molar-refractivity contribution in [3.63, 3.8) is 0 Å². The van der Waals surface area contributed by atoms with Gasteiger partial charge >= 0.3 is 0 Å². The Hall–Kier alpha value is 0.210. The van der Waals surface area contributed by atoms with Crippen molar-refractivity contribution in [1.29, 1.82) is 0 Å². The molecule has 0 radical (unpaired) electrons. The highest BCUT2D eigenvalue weighted by atomic mass is 79.9. The Morgan fingerprint density at radius 2 is 1.43 bits per heavy atom. The molecule has 112 valence electrons. The average molecular weight is 539 g/mol. The average Bonchev–Trinajstić information content (AvgIpc) is 2.32. The van der Waals surface area contributed by atoms with Crippen LogP contribution in [-0.2, 0) is 10.0 Å². The first-order valence-electron chi connectivity index (χ1n) is 5.34. The van der Waals surface area contributed by atoms with Crippen LogP contribution in [-0.4, -0.2) is 8.42 Å². The van der Waals surface area contributed by atoms with Gasteiger partial charge < -0.3 is 0 Å². The van der Waals surface area contributed by atoms with Gasteiger partial charge in [0.05, 0.1) is 15.7 Å². The summed E-state index contributed by atoms with van der Waals surface area (Å²) in [6.45, 7) is 0. The van der Waals surface area contributed by atoms with Crippen molar-refractivity contribution in [2.75, 3.05) is 4.72 Å². The van der Waals surface area contributed by atoms with Gasteiger partial charge in [0.15, 0.2) is 0 Å². The largest absolute Gasteiger partial charge is 0.277 e. The summed E-state index contributed by atoms with van der Waals surface area (Å²) in [7, 11) is -3.93. The molecule has 21 heavy (non-hydrogen) atoms. The van der Waals surface area contributed by atoms with E-state index in [0.717, 1.165) is 0 Å². The number of benzene rings is 2. The van der Waals surface area contributed by atoms with E-state index >= 15 is 0 Å². The fraction of sp³-hybridized carbons (Fsp3) is 0. The fourth-order valence-electron chi connectivity index (χ4n) is 1.57. The minimum atomic E-state index is -3.93. The molecule has 0 aliphatic rings. The van der Waals surface area contributed by atoms with Crippen LogP contribution in [0.1, 0.15) is 0 Å². The predicted molar refractivity (Wildman–Crippen MR) is 96.8 cm³/mol. The number of para-hydroxylation sites is 1. The molecule has 0 bridgehead atoms. The van der Waals surface area contributed by atoms with Crippen LogP contribution < -0.4 is 4.72 Å². The third-order valence-electron chi connectivity index (χ3n) is 2.43. The van der Waals surface area contributed by atoms with Gasteiger partial charge in [0.25, 0.3) is 10.0 Å². The first kappa shape index (κ1) is 17.6. The summed E-state index contributed by atoms with van der Waals surface area (Å²) in [4.78, 5) is -0.170. The van der Waals surface area contributed by atoms with Crippen molar-refractivity contribution in [2.45, 2.75) is 4.90 Å². The Labute approximate surface area is 157 Å². The van der Waals surface area contributed by atoms with Gasteiger partial charge in [-0.25, -0.2) is 8.42 Å². The lowest BCUT2D eigenvalue weighted by Gasteiger charge is -2.14. The van der Waals surface area contributed by atoms with Gasteiger partial charge in [-0.05, 0) is 56.1 Å². The number of halogens is 5. The van der Waals surface area contributed by atoms with Crippen molar-refractivity contribution in [1.82, 2.24) is 0 Å². The third-order valence-corrected chi connectivity index (χ3v) is 6.48. The molecular formula is C12H6Br3Cl2NO2S. The molecule has 3 nitrogen and oxygen atoms in total. The number of hydrogen-bond acceptors (Lipinski definition) is 2. The predicted octanol–water partition coefficient (Wildman–Crippen LogP) is 6.08. The van der Waals surface area contributed by atoms with Crippen LogP contribution >= 0.6 is 71.0 Å². The van der Waals surface area contributed by atoms with E-state index in [1.807, 2.05) is 0 Å². The Morgan fingerprint density at radius 3 is 1.90 bits per heavy atom. The van der Waals surface area contributed by atoms with E-state index in [9.17, 15) is 8.42 Å². The minimum Gasteiger partial charge on any atom is -0.277 e. The van der Waals surface area contributed by atoms with Crippen molar-refractivity contribution in [2.24, 2.45) is 0 Å². The van der Waals surface area contributed by atoms with Crippen LogP contribution in [0.3, 0.4) is 0 Å². The maximum absolute atomic E-state index is 12.5. The van der Waals surface area contributed by atoms with E-state index < -0.39 is 10.0 Å². The van der Waals surface area contributed by atoms with Crippen LogP contribution in [0.25, 0.3) is 0 Å². The quantitative estimate of drug-likeness (QED) is 0.515. The van der Waals surface area contributed by atoms with Crippen LogP contribution in [0.5, 0.6) is 0 Å². The minimum absolute atomic E-state index is 0.0325. The van der Waals surface area contributed by atoms with Crippen LogP contribution in [0.15, 0.2) is 48.6 Å². The highest BCUT2D eigenvalue weighted by Crippen LogP contribution is 2.37. The molecule has 9 heteroatoms. The van der Waals surface area contributed by atoms with Crippen molar-refractivity contribution < 1.29 is 8.42 Å². The molecular weight excluding hydrogens is 533 g/mol. The van der Waals surface area contributed by atoms with Gasteiger partial charge in [-0.15, -0.1) is 0 Å². The summed E-state index contributed by atoms with van der Waals surface area (Å²) in [5.74, 6) is 0. The molecule has 0 saturated heterocycles. The summed E-state index contributed by atoms with van der Waals surface area (Å²) >= 11 is 21.8. The molecule has 2 aromatic carbocycles. The lowest BCUT2D eigenvalue weighted by Crippen LogP contribution is -2.15. The number of rotatable bonds is 3. The Kier molecular flexibility index (Phi) is 5.66. The zero-order chi connectivity index (χ0) is 15.8. The van der Waals surface area contributed by atoms with E-state index in [-0.39, 0.29) is 14.9 Å². The molecule has 2 rings (SSSR count). The first-order valence-corrected chi connectivity index (χ1v) is 9.95. The summed E-state index contributed by atoms with van der Waals surface area (Å²) in [6.07, 6.45) is 0. The highest BCUT2D eigenvalue weighted by molar-refractivity contribution is 9.11. The zero-order valence-corrected chi connectivity index (χ0v) is 17.1. The van der Waals surface area contributed by atoms with Gasteiger partial charge in [0, 0.05) is 13.4 Å². The van der Waals surface area contributed by atoms with Crippen molar-refractivity contribution in [3.8, 4) is 0 Å². The molecule has 0 amide bonds. The molecule has 0 spiro atoms. The standard InChI is InChI=1S/C12H6Br3Cl2NO2S/c13-6-4-9(16)12(10(17)5-6)21(19,20)18-11-7(14)2-1-3-8(11)15/h1-5,18H. The summed E-state index contributed by atoms with van der Waals surface area (Å²) in [6, 6.07) is 8.14. The smallest absolute Gasteiger partial charge is 0.264 e. The highest BCUT2D eigenvalue weighted by Gasteiger charge is 2.24. The Morgan fingerprint density at radius 1 is 0.952 bits per heavy atom. The maximum atomic E-state index is 12.5. The molecule has 0 saturated carbocycles. The normalized spacial score (nSPS) is 11.5. The molecule has 0 heterocycles. The van der Waals surface area contributed by atoms with Gasteiger partial charge in [-0.2, -0.15) is 0 Å². The maximum Gasteiger partial charge on any atom is 0.264 e. The van der Waals surface area contributed by atoms with Gasteiger partial charge in [-0.1, -0.05) is 45.2 Å². The number of sulfonamides is 1. The van der Waals surface area contributed by atoms with E-state index in [2.05, 4.69) is 52.5 Å². The van der Waals surface area contributed by atoms with Crippen LogP contribution in [0, 0.1) is 0 Å². The Balaban J connectivity index is 2.54. The van der Waals surface area contributed by atoms with Gasteiger partial charge in [0.1, 0.15) is 4.90 Å². The summed E-state index contributed by atoms with van der Waals surface area (Å²) < 4.78 is 29.3. The lowest BCUT2D eigenvalue weighted by molar-refractivity contribution is 0.601. The van der Waals surface area contributed by atoms with Gasteiger partial charge in [0.2, 0.25) is 0 Å². The third kappa shape index (κ3) is 3.95. The number of anilines is 1. The number of hydrogen-bond donors (Lipinski definition) is 1. The molecule has 0 atom stereocenters. The summed E-state index contributed by atoms with van der Waals surface area (Å²) in [5.41, 5.74) is 0.368. The van der Waals surface area contributed by atoms with E-state index in [1.54, 1.807) is 18.2 Å². The molecule has 1 N–H and O–H groups in total. The topological polar surface area (TPSA) is 46.2 Å². The SMILES string of the molecule is O=S(=O)(Nc1c(Br)cccc1Br)c1c(Cl)cc(Br)cc1Cl. The van der Waals surface area contributed by atoms with E-state index in [1.165, 1.54) is 12.1 Å². The molecule has 2 aromatic rings. The lowest BCUT2D eigenvalue weighted by atomic mass is 10.3. The van der Waals surface area contributed by atoms with E-state index in [0.29, 0.717) is 19.1 Å². The zero-order valence-electron chi connectivity index (χ0n) is 10.0. The molecule has 0 fully saturated rings. The first-order chi connectivity index (χ1) is 9.72. The monoisotopic (exact) mass is 535 g/mol. The second-order valence-electron chi connectivity index (χ2n) is 3.90. The Bertz CT molecular complexity index is 769. The second-order valence-corrected chi connectivity index (χ2v) is 8.96. The van der Waals surface area contributed by atoms with Crippen molar-refractivity contribution >= 4 is 86.7 Å². The molecule has 0 aliphatic heterocycles. The van der Waals surface area contributed by atoms with Crippen LogP contribution in [0.4, 0.5) is 5.69 Å². The molecule has 0 unspecified atom stereocenters. The molecule has 0 aliphatic carbocycles. The van der Waals surface area contributed by atoms with Gasteiger partial charge in [-0.3, -0.25) is 4.72 Å².